The van der Waals surface area contributed by atoms with Gasteiger partial charge in [0.2, 0.25) is 11.8 Å². The van der Waals surface area contributed by atoms with E-state index in [1.165, 1.54) is 74.6 Å². The fourth-order valence-electron chi connectivity index (χ4n) is 7.76. The van der Waals surface area contributed by atoms with Crippen LogP contribution in [0.15, 0.2) is 53.5 Å². The van der Waals surface area contributed by atoms with Crippen LogP contribution in [0.4, 0.5) is 15.8 Å². The van der Waals surface area contributed by atoms with Gasteiger partial charge in [0.25, 0.3) is 0 Å². The molecule has 9 heteroatoms. The Hall–Kier alpha value is -3.20. The molecule has 4 aliphatic carbocycles. The largest absolute Gasteiger partial charge is 0.462 e. The van der Waals surface area contributed by atoms with Gasteiger partial charge in [0.15, 0.2) is 5.17 Å². The third-order valence-corrected chi connectivity index (χ3v) is 10.4. The summed E-state index contributed by atoms with van der Waals surface area (Å²) in [4.78, 5) is 45.4. The van der Waals surface area contributed by atoms with Crippen LogP contribution in [0.25, 0.3) is 0 Å². The summed E-state index contributed by atoms with van der Waals surface area (Å²) in [5.41, 5.74) is 1.80. The van der Waals surface area contributed by atoms with E-state index in [0.717, 1.165) is 24.2 Å². The molecule has 7 rings (SSSR count). The van der Waals surface area contributed by atoms with Crippen LogP contribution in [0.2, 0.25) is 0 Å². The van der Waals surface area contributed by atoms with Crippen LogP contribution in [0.5, 0.6) is 0 Å². The number of ether oxygens (including phenoxy) is 1. The van der Waals surface area contributed by atoms with E-state index in [-0.39, 0.29) is 24.1 Å². The number of halogens is 1. The minimum absolute atomic E-state index is 0.0688. The summed E-state index contributed by atoms with van der Waals surface area (Å²) in [7, 11) is 0. The number of nitrogens with one attached hydrogen (secondary N) is 1. The number of carbonyl (C=O) groups excluding carboxylic acids is 3. The molecule has 216 valence electrons. The molecule has 4 saturated carbocycles. The fourth-order valence-corrected chi connectivity index (χ4v) is 8.88. The number of amidine groups is 1. The number of hydrogen-bond acceptors (Lipinski definition) is 6. The molecule has 5 aliphatic rings. The number of anilines is 1. The van der Waals surface area contributed by atoms with E-state index in [1.807, 2.05) is 0 Å². The maximum atomic E-state index is 13.6. The average Bonchev–Trinajstić information content (AvgIpc) is 2.93. The standard InChI is InChI=1S/C32H36FN3O4S/c1-2-40-30(39)23-3-7-26(8-4-23)35-31-36(12-11-32-17-20-13-21(18-32)15-22(14-20)19-32)28(37)16-27(41-31)29(38)34-25-9-5-24(33)6-10-25/h3-10,20-22,27H,2,11-19H2,1H3,(H,34,38)/t20?,21?,22?,27-,32?/m0/s1. The van der Waals surface area contributed by atoms with Crippen LogP contribution in [-0.2, 0) is 14.3 Å². The molecule has 0 radical (unpaired) electrons. The zero-order chi connectivity index (χ0) is 28.6. The van der Waals surface area contributed by atoms with Crippen LogP contribution in [0.3, 0.4) is 0 Å². The van der Waals surface area contributed by atoms with Gasteiger partial charge in [-0.05, 0) is 124 Å². The SMILES string of the molecule is CCOC(=O)c1ccc(N=C2S[C@H](C(=O)Nc3ccc(F)cc3)CC(=O)N2CCC23CC4CC(CC(C4)C2)C3)cc1. The van der Waals surface area contributed by atoms with Crippen molar-refractivity contribution in [2.75, 3.05) is 18.5 Å². The Kier molecular flexibility index (Phi) is 7.90. The van der Waals surface area contributed by atoms with E-state index in [4.69, 9.17) is 9.73 Å². The Bertz CT molecular complexity index is 1310. The van der Waals surface area contributed by atoms with Gasteiger partial charge in [0.1, 0.15) is 11.1 Å². The number of amides is 2. The summed E-state index contributed by atoms with van der Waals surface area (Å²) >= 11 is 1.28. The van der Waals surface area contributed by atoms with Crippen LogP contribution in [0, 0.1) is 29.0 Å². The molecule has 0 unspecified atom stereocenters. The van der Waals surface area contributed by atoms with Gasteiger partial charge in [0, 0.05) is 18.7 Å². The smallest absolute Gasteiger partial charge is 0.338 e. The van der Waals surface area contributed by atoms with E-state index in [9.17, 15) is 18.8 Å². The van der Waals surface area contributed by atoms with Crippen molar-refractivity contribution in [3.63, 3.8) is 0 Å². The first-order valence-electron chi connectivity index (χ1n) is 14.7. The predicted octanol–water partition coefficient (Wildman–Crippen LogP) is 6.57. The van der Waals surface area contributed by atoms with Gasteiger partial charge >= 0.3 is 5.97 Å². The molecule has 2 aromatic rings. The van der Waals surface area contributed by atoms with Crippen molar-refractivity contribution in [1.29, 1.82) is 0 Å². The Balaban J connectivity index is 1.22. The molecule has 7 nitrogen and oxygen atoms in total. The van der Waals surface area contributed by atoms with E-state index in [1.54, 1.807) is 36.1 Å². The van der Waals surface area contributed by atoms with Crippen molar-refractivity contribution >= 4 is 46.1 Å². The van der Waals surface area contributed by atoms with E-state index in [2.05, 4.69) is 5.32 Å². The van der Waals surface area contributed by atoms with Gasteiger partial charge in [-0.25, -0.2) is 14.2 Å². The molecule has 41 heavy (non-hydrogen) atoms. The lowest BCUT2D eigenvalue weighted by molar-refractivity contribution is -0.130. The summed E-state index contributed by atoms with van der Waals surface area (Å²) in [5, 5.41) is 2.64. The number of nitrogens with zero attached hydrogens (tertiary/aromatic N) is 2. The van der Waals surface area contributed by atoms with Crippen molar-refractivity contribution in [1.82, 2.24) is 4.90 Å². The molecule has 0 aromatic heterocycles. The lowest BCUT2D eigenvalue weighted by Gasteiger charge is -2.57. The predicted molar refractivity (Wildman–Crippen MR) is 157 cm³/mol. The number of aliphatic imine (C=N–C) groups is 1. The monoisotopic (exact) mass is 577 g/mol. The molecular weight excluding hydrogens is 541 g/mol. The summed E-state index contributed by atoms with van der Waals surface area (Å²) in [6.07, 6.45) is 8.93. The lowest BCUT2D eigenvalue weighted by Crippen LogP contribution is -2.50. The van der Waals surface area contributed by atoms with E-state index >= 15 is 0 Å². The van der Waals surface area contributed by atoms with Crippen LogP contribution >= 0.6 is 11.8 Å². The zero-order valence-electron chi connectivity index (χ0n) is 23.3. The van der Waals surface area contributed by atoms with Gasteiger partial charge in [0.05, 0.1) is 17.9 Å². The maximum Gasteiger partial charge on any atom is 0.338 e. The van der Waals surface area contributed by atoms with E-state index < -0.39 is 11.2 Å². The number of carbonyl (C=O) groups is 3. The highest BCUT2D eigenvalue weighted by molar-refractivity contribution is 8.15. The number of hydrogen-bond donors (Lipinski definition) is 1. The van der Waals surface area contributed by atoms with Gasteiger partial charge < -0.3 is 10.1 Å². The maximum absolute atomic E-state index is 13.6. The molecule has 1 N–H and O–H groups in total. The highest BCUT2D eigenvalue weighted by Gasteiger charge is 2.51. The van der Waals surface area contributed by atoms with Crippen LogP contribution in [0.1, 0.15) is 68.6 Å². The van der Waals surface area contributed by atoms with Gasteiger partial charge in [-0.15, -0.1) is 0 Å². The topological polar surface area (TPSA) is 88.1 Å². The zero-order valence-corrected chi connectivity index (χ0v) is 24.1. The number of thioether (sulfide) groups is 1. The summed E-state index contributed by atoms with van der Waals surface area (Å²) in [6, 6.07) is 12.3. The molecular formula is C32H36FN3O4S. The Morgan fingerprint density at radius 2 is 1.66 bits per heavy atom. The van der Waals surface area contributed by atoms with Gasteiger partial charge in [-0.3, -0.25) is 14.5 Å². The molecule has 4 bridgehead atoms. The first-order valence-corrected chi connectivity index (χ1v) is 15.6. The Labute approximate surface area is 244 Å². The van der Waals surface area contributed by atoms with Crippen molar-refractivity contribution in [2.24, 2.45) is 28.2 Å². The molecule has 1 aliphatic heterocycles. The van der Waals surface area contributed by atoms with Crippen molar-refractivity contribution in [3.05, 3.63) is 59.9 Å². The summed E-state index contributed by atoms with van der Waals surface area (Å²) in [6.45, 7) is 2.64. The first-order chi connectivity index (χ1) is 19.8. The minimum Gasteiger partial charge on any atom is -0.462 e. The lowest BCUT2D eigenvalue weighted by atomic mass is 9.49. The second kappa shape index (κ2) is 11.6. The number of rotatable bonds is 8. The normalized spacial score (nSPS) is 29.6. The van der Waals surface area contributed by atoms with Gasteiger partial charge in [-0.1, -0.05) is 11.8 Å². The summed E-state index contributed by atoms with van der Waals surface area (Å²) < 4.78 is 18.4. The van der Waals surface area contributed by atoms with Crippen molar-refractivity contribution in [2.45, 2.75) is 63.5 Å². The quantitative estimate of drug-likeness (QED) is 0.359. The Morgan fingerprint density at radius 3 is 2.27 bits per heavy atom. The van der Waals surface area contributed by atoms with Gasteiger partial charge in [-0.2, -0.15) is 0 Å². The van der Waals surface area contributed by atoms with Crippen molar-refractivity contribution < 1.29 is 23.5 Å². The average molecular weight is 578 g/mol. The number of esters is 1. The molecule has 1 saturated heterocycles. The second-order valence-electron chi connectivity index (χ2n) is 12.2. The fraction of sp³-hybridized carbons (Fsp3) is 0.500. The van der Waals surface area contributed by atoms with E-state index in [0.29, 0.717) is 40.7 Å². The Morgan fingerprint density at radius 1 is 1.02 bits per heavy atom. The molecule has 1 heterocycles. The first kappa shape index (κ1) is 27.9. The second-order valence-corrected chi connectivity index (χ2v) is 13.4. The molecule has 0 spiro atoms. The van der Waals surface area contributed by atoms with Crippen LogP contribution < -0.4 is 5.32 Å². The highest BCUT2D eigenvalue weighted by Crippen LogP contribution is 2.61. The third-order valence-electron chi connectivity index (χ3n) is 9.18. The number of benzene rings is 2. The molecule has 2 aromatic carbocycles. The van der Waals surface area contributed by atoms with Crippen LogP contribution in [-0.4, -0.2) is 46.3 Å². The molecule has 1 atom stereocenters. The highest BCUT2D eigenvalue weighted by atomic mass is 32.2. The molecule has 2 amide bonds. The summed E-state index contributed by atoms with van der Waals surface area (Å²) in [5.74, 6) is 1.28. The minimum atomic E-state index is -0.666. The van der Waals surface area contributed by atoms with Crippen molar-refractivity contribution in [3.8, 4) is 0 Å². The molecule has 5 fully saturated rings. The third kappa shape index (κ3) is 6.20.